The highest BCUT2D eigenvalue weighted by Gasteiger charge is 2.32. The number of carbonyl (C=O) groups excluding carboxylic acids is 2. The third kappa shape index (κ3) is 2.35. The lowest BCUT2D eigenvalue weighted by Crippen LogP contribution is -2.39. The average molecular weight is 332 g/mol. The van der Waals surface area contributed by atoms with Crippen LogP contribution in [0.25, 0.3) is 10.8 Å². The summed E-state index contributed by atoms with van der Waals surface area (Å²) in [6, 6.07) is 16.6. The van der Waals surface area contributed by atoms with Gasteiger partial charge in [-0.25, -0.2) is 0 Å². The summed E-state index contributed by atoms with van der Waals surface area (Å²) in [4.78, 5) is 37.2. The molecule has 0 aromatic heterocycles. The third-order valence-electron chi connectivity index (χ3n) is 4.32. The lowest BCUT2D eigenvalue weighted by molar-refractivity contribution is -0.384. The second-order valence-corrected chi connectivity index (χ2v) is 5.83. The zero-order valence-electron chi connectivity index (χ0n) is 13.0. The van der Waals surface area contributed by atoms with E-state index in [0.29, 0.717) is 22.1 Å². The molecule has 0 N–H and O–H groups in total. The van der Waals surface area contributed by atoms with Crippen molar-refractivity contribution in [3.63, 3.8) is 0 Å². The normalized spacial score (nSPS) is 13.4. The molecule has 0 atom stereocenters. The van der Waals surface area contributed by atoms with Crippen LogP contribution in [0.5, 0.6) is 0 Å². The highest BCUT2D eigenvalue weighted by molar-refractivity contribution is 6.25. The molecule has 1 heterocycles. The predicted molar refractivity (Wildman–Crippen MR) is 91.2 cm³/mol. The van der Waals surface area contributed by atoms with Crippen LogP contribution in [-0.4, -0.2) is 21.6 Å². The Hall–Kier alpha value is -3.54. The fourth-order valence-electron chi connectivity index (χ4n) is 3.18. The zero-order chi connectivity index (χ0) is 17.6. The molecule has 1 aliphatic rings. The SMILES string of the molecule is O=C1c2cccc3cccc(c23)C(=O)N1Cc1cccc([N+](=O)[O-])c1. The number of amides is 2. The zero-order valence-corrected chi connectivity index (χ0v) is 13.0. The van der Waals surface area contributed by atoms with Crippen LogP contribution in [0.3, 0.4) is 0 Å². The van der Waals surface area contributed by atoms with Gasteiger partial charge in [0.25, 0.3) is 17.5 Å². The Morgan fingerprint density at radius 2 is 1.48 bits per heavy atom. The van der Waals surface area contributed by atoms with Crippen LogP contribution in [-0.2, 0) is 6.54 Å². The molecule has 122 valence electrons. The molecule has 4 rings (SSSR count). The standard InChI is InChI=1S/C19H12N2O4/c22-18-15-8-2-5-13-6-3-9-16(17(13)15)19(23)20(18)11-12-4-1-7-14(10-12)21(24)25/h1-10H,11H2. The van der Waals surface area contributed by atoms with Gasteiger partial charge in [-0.1, -0.05) is 36.4 Å². The Labute approximate surface area is 142 Å². The van der Waals surface area contributed by atoms with Crippen molar-refractivity contribution in [2.45, 2.75) is 6.54 Å². The molecule has 0 spiro atoms. The minimum Gasteiger partial charge on any atom is -0.270 e. The molecular weight excluding hydrogens is 320 g/mol. The minimum atomic E-state index is -0.501. The maximum atomic E-state index is 12.8. The van der Waals surface area contributed by atoms with Gasteiger partial charge in [0.1, 0.15) is 0 Å². The van der Waals surface area contributed by atoms with Gasteiger partial charge in [-0.15, -0.1) is 0 Å². The highest BCUT2D eigenvalue weighted by Crippen LogP contribution is 2.31. The minimum absolute atomic E-state index is 0.00985. The van der Waals surface area contributed by atoms with E-state index in [2.05, 4.69) is 0 Å². The first kappa shape index (κ1) is 15.0. The number of nitro groups is 1. The summed E-state index contributed by atoms with van der Waals surface area (Å²) in [6.07, 6.45) is 0. The van der Waals surface area contributed by atoms with E-state index >= 15 is 0 Å². The van der Waals surface area contributed by atoms with Crippen molar-refractivity contribution in [2.75, 3.05) is 0 Å². The Morgan fingerprint density at radius 3 is 2.08 bits per heavy atom. The Balaban J connectivity index is 1.78. The van der Waals surface area contributed by atoms with Gasteiger partial charge in [0.2, 0.25) is 0 Å². The molecule has 2 amide bonds. The van der Waals surface area contributed by atoms with Crippen LogP contribution in [0.4, 0.5) is 5.69 Å². The van der Waals surface area contributed by atoms with Gasteiger partial charge >= 0.3 is 0 Å². The molecule has 3 aromatic carbocycles. The summed E-state index contributed by atoms with van der Waals surface area (Å²) < 4.78 is 0. The summed E-state index contributed by atoms with van der Waals surface area (Å²) in [6.45, 7) is -0.00985. The van der Waals surface area contributed by atoms with Gasteiger partial charge in [-0.3, -0.25) is 24.6 Å². The maximum Gasteiger partial charge on any atom is 0.269 e. The molecule has 6 nitrogen and oxygen atoms in total. The lowest BCUT2D eigenvalue weighted by Gasteiger charge is -2.27. The van der Waals surface area contributed by atoms with Crippen LogP contribution < -0.4 is 0 Å². The average Bonchev–Trinajstić information content (AvgIpc) is 2.63. The first-order valence-corrected chi connectivity index (χ1v) is 7.67. The molecule has 0 saturated heterocycles. The first-order chi connectivity index (χ1) is 12.1. The van der Waals surface area contributed by atoms with Crippen molar-refractivity contribution in [1.82, 2.24) is 4.90 Å². The third-order valence-corrected chi connectivity index (χ3v) is 4.32. The van der Waals surface area contributed by atoms with Gasteiger partial charge in [0.05, 0.1) is 11.5 Å². The fourth-order valence-corrected chi connectivity index (χ4v) is 3.18. The number of hydrogen-bond donors (Lipinski definition) is 0. The Bertz CT molecular complexity index is 1010. The van der Waals surface area contributed by atoms with Gasteiger partial charge < -0.3 is 0 Å². The predicted octanol–water partition coefficient (Wildman–Crippen LogP) is 3.54. The summed E-state index contributed by atoms with van der Waals surface area (Å²) >= 11 is 0. The van der Waals surface area contributed by atoms with Gasteiger partial charge in [0, 0.05) is 28.6 Å². The van der Waals surface area contributed by atoms with Gasteiger partial charge in [-0.2, -0.15) is 0 Å². The van der Waals surface area contributed by atoms with Crippen molar-refractivity contribution < 1.29 is 14.5 Å². The van der Waals surface area contributed by atoms with E-state index in [0.717, 1.165) is 10.3 Å². The molecule has 6 heteroatoms. The number of nitro benzene ring substituents is 1. The summed E-state index contributed by atoms with van der Waals surface area (Å²) in [7, 11) is 0. The number of nitrogens with zero attached hydrogens (tertiary/aromatic N) is 2. The van der Waals surface area contributed by atoms with E-state index in [1.54, 1.807) is 36.4 Å². The fraction of sp³-hybridized carbons (Fsp3) is 0.0526. The smallest absolute Gasteiger partial charge is 0.269 e. The van der Waals surface area contributed by atoms with Crippen molar-refractivity contribution >= 4 is 28.3 Å². The number of carbonyl (C=O) groups is 2. The van der Waals surface area contributed by atoms with E-state index in [9.17, 15) is 19.7 Å². The van der Waals surface area contributed by atoms with Gasteiger partial charge in [-0.05, 0) is 23.1 Å². The Morgan fingerprint density at radius 1 is 0.880 bits per heavy atom. The molecular formula is C19H12N2O4. The second kappa shape index (κ2) is 5.52. The monoisotopic (exact) mass is 332 g/mol. The van der Waals surface area contributed by atoms with Crippen LogP contribution in [0.1, 0.15) is 26.3 Å². The molecule has 0 aliphatic carbocycles. The van der Waals surface area contributed by atoms with E-state index in [-0.39, 0.29) is 24.0 Å². The van der Waals surface area contributed by atoms with Crippen LogP contribution in [0.15, 0.2) is 60.7 Å². The van der Waals surface area contributed by atoms with E-state index in [1.807, 2.05) is 12.1 Å². The van der Waals surface area contributed by atoms with Crippen molar-refractivity contribution in [3.8, 4) is 0 Å². The first-order valence-electron chi connectivity index (χ1n) is 7.67. The summed E-state index contributed by atoms with van der Waals surface area (Å²) in [5.41, 5.74) is 1.40. The molecule has 0 unspecified atom stereocenters. The summed E-state index contributed by atoms with van der Waals surface area (Å²) in [5.74, 6) is -0.776. The van der Waals surface area contributed by atoms with Crippen molar-refractivity contribution in [2.24, 2.45) is 0 Å². The van der Waals surface area contributed by atoms with E-state index < -0.39 is 4.92 Å². The van der Waals surface area contributed by atoms with E-state index in [4.69, 9.17) is 0 Å². The molecule has 0 radical (unpaired) electrons. The number of benzene rings is 3. The second-order valence-electron chi connectivity index (χ2n) is 5.83. The molecule has 3 aromatic rings. The van der Waals surface area contributed by atoms with Crippen molar-refractivity contribution in [3.05, 3.63) is 87.5 Å². The molecule has 0 saturated carbocycles. The number of non-ortho nitro benzene ring substituents is 1. The van der Waals surface area contributed by atoms with Gasteiger partial charge in [0.15, 0.2) is 0 Å². The quantitative estimate of drug-likeness (QED) is 0.417. The number of rotatable bonds is 3. The van der Waals surface area contributed by atoms with Crippen molar-refractivity contribution in [1.29, 1.82) is 0 Å². The molecule has 1 aliphatic heterocycles. The number of hydrogen-bond acceptors (Lipinski definition) is 4. The molecule has 0 fully saturated rings. The summed E-state index contributed by atoms with van der Waals surface area (Å²) in [5, 5.41) is 12.4. The van der Waals surface area contributed by atoms with Crippen LogP contribution in [0.2, 0.25) is 0 Å². The van der Waals surface area contributed by atoms with E-state index in [1.165, 1.54) is 12.1 Å². The number of imide groups is 1. The highest BCUT2D eigenvalue weighted by atomic mass is 16.6. The Kier molecular flexibility index (Phi) is 3.32. The molecule has 0 bridgehead atoms. The topological polar surface area (TPSA) is 80.5 Å². The molecule has 25 heavy (non-hydrogen) atoms. The lowest BCUT2D eigenvalue weighted by atomic mass is 9.94. The van der Waals surface area contributed by atoms with Crippen LogP contribution in [0, 0.1) is 10.1 Å². The maximum absolute atomic E-state index is 12.8. The largest absolute Gasteiger partial charge is 0.270 e. The van der Waals surface area contributed by atoms with Crippen LogP contribution >= 0.6 is 0 Å².